The van der Waals surface area contributed by atoms with Gasteiger partial charge in [-0.15, -0.1) is 0 Å². The van der Waals surface area contributed by atoms with Gasteiger partial charge in [0.05, 0.1) is 12.0 Å². The number of furan rings is 1. The van der Waals surface area contributed by atoms with Crippen LogP contribution < -0.4 is 22.5 Å². The Labute approximate surface area is 126 Å². The first-order valence-corrected chi connectivity index (χ1v) is 6.35. The first-order valence-electron chi connectivity index (χ1n) is 6.35. The molecule has 0 aliphatic rings. The van der Waals surface area contributed by atoms with Gasteiger partial charge < -0.3 is 26.9 Å². The number of guanidine groups is 2. The van der Waals surface area contributed by atoms with E-state index < -0.39 is 0 Å². The molecular formula is C14H16N6O2. The Hall–Kier alpha value is -3.29. The van der Waals surface area contributed by atoms with Crippen molar-refractivity contribution in [2.75, 3.05) is 5.32 Å². The van der Waals surface area contributed by atoms with E-state index in [1.807, 2.05) is 6.92 Å². The topological polar surface area (TPSA) is 145 Å². The number of amides is 1. The highest BCUT2D eigenvalue weighted by Crippen LogP contribution is 2.22. The molecule has 8 heteroatoms. The summed E-state index contributed by atoms with van der Waals surface area (Å²) in [5.41, 5.74) is 18.0. The molecule has 0 aliphatic heterocycles. The number of aryl methyl sites for hydroxylation is 1. The Kier molecular flexibility index (Phi) is 4.42. The summed E-state index contributed by atoms with van der Waals surface area (Å²) in [6.45, 7) is 1.83. The average molecular weight is 300 g/mol. The number of nitrogens with one attached hydrogen (secondary N) is 1. The van der Waals surface area contributed by atoms with E-state index in [0.29, 0.717) is 11.4 Å². The number of carbonyl (C=O) groups excluding carboxylic acids is 1. The average Bonchev–Trinajstić information content (AvgIpc) is 2.94. The van der Waals surface area contributed by atoms with Gasteiger partial charge in [0.25, 0.3) is 5.91 Å². The molecule has 0 saturated heterocycles. The number of nitrogens with two attached hydrogens (primary N) is 3. The van der Waals surface area contributed by atoms with Crippen molar-refractivity contribution in [3.63, 3.8) is 0 Å². The zero-order valence-corrected chi connectivity index (χ0v) is 11.9. The number of hydrogen-bond donors (Lipinski definition) is 4. The van der Waals surface area contributed by atoms with E-state index in [2.05, 4.69) is 15.3 Å². The van der Waals surface area contributed by atoms with Crippen molar-refractivity contribution in [1.82, 2.24) is 0 Å². The van der Waals surface area contributed by atoms with Crippen LogP contribution in [0.2, 0.25) is 0 Å². The Bertz CT molecular complexity index is 730. The van der Waals surface area contributed by atoms with Gasteiger partial charge in [-0.3, -0.25) is 4.79 Å². The van der Waals surface area contributed by atoms with Crippen LogP contribution >= 0.6 is 0 Å². The molecule has 0 aliphatic carbocycles. The molecular weight excluding hydrogens is 284 g/mol. The molecule has 114 valence electrons. The largest absolute Gasteiger partial charge is 0.459 e. The standard InChI is InChI=1S/C14H16N6O2/c1-8-7-9(18-14(17)20-13(15)16)4-5-10(8)19-12(21)11-3-2-6-22-11/h2-7H,1H3,(H,19,21)(H6,15,16,17,18,20). The fraction of sp³-hybridized carbons (Fsp3) is 0.0714. The van der Waals surface area contributed by atoms with E-state index in [1.165, 1.54) is 6.26 Å². The fourth-order valence-electron chi connectivity index (χ4n) is 1.74. The third kappa shape index (κ3) is 3.85. The van der Waals surface area contributed by atoms with Gasteiger partial charge in [-0.2, -0.15) is 4.99 Å². The van der Waals surface area contributed by atoms with Crippen LogP contribution in [0, 0.1) is 6.92 Å². The second kappa shape index (κ2) is 6.44. The van der Waals surface area contributed by atoms with Crippen LogP contribution in [0.5, 0.6) is 0 Å². The summed E-state index contributed by atoms with van der Waals surface area (Å²) in [6.07, 6.45) is 1.44. The van der Waals surface area contributed by atoms with Crippen molar-refractivity contribution in [2.24, 2.45) is 27.2 Å². The number of anilines is 1. The molecule has 0 fully saturated rings. The summed E-state index contributed by atoms with van der Waals surface area (Å²) >= 11 is 0. The number of rotatable bonds is 3. The van der Waals surface area contributed by atoms with Crippen LogP contribution in [0.3, 0.4) is 0 Å². The molecule has 0 radical (unpaired) electrons. The molecule has 22 heavy (non-hydrogen) atoms. The van der Waals surface area contributed by atoms with Crippen LogP contribution in [-0.4, -0.2) is 17.8 Å². The third-order valence-electron chi connectivity index (χ3n) is 2.69. The summed E-state index contributed by atoms with van der Waals surface area (Å²) in [6, 6.07) is 8.36. The molecule has 2 rings (SSSR count). The molecule has 1 aromatic heterocycles. The summed E-state index contributed by atoms with van der Waals surface area (Å²) in [7, 11) is 0. The van der Waals surface area contributed by atoms with Gasteiger partial charge in [0.2, 0.25) is 5.96 Å². The summed E-state index contributed by atoms with van der Waals surface area (Å²) in [5, 5.41) is 2.75. The number of carbonyl (C=O) groups is 1. The summed E-state index contributed by atoms with van der Waals surface area (Å²) < 4.78 is 5.03. The molecule has 1 aromatic carbocycles. The van der Waals surface area contributed by atoms with Crippen LogP contribution in [0.15, 0.2) is 51.0 Å². The molecule has 0 saturated carbocycles. The Balaban J connectivity index is 2.16. The minimum atomic E-state index is -0.329. The maximum Gasteiger partial charge on any atom is 0.291 e. The normalized spacial score (nSPS) is 11.0. The van der Waals surface area contributed by atoms with Gasteiger partial charge in [-0.25, -0.2) is 4.99 Å². The van der Waals surface area contributed by atoms with Gasteiger partial charge in [0, 0.05) is 5.69 Å². The minimum absolute atomic E-state index is 0.0493. The lowest BCUT2D eigenvalue weighted by Gasteiger charge is -2.07. The number of nitrogens with zero attached hydrogens (tertiary/aromatic N) is 2. The van der Waals surface area contributed by atoms with E-state index in [1.54, 1.807) is 30.3 Å². The predicted molar refractivity (Wildman–Crippen MR) is 84.9 cm³/mol. The maximum absolute atomic E-state index is 11.9. The van der Waals surface area contributed by atoms with E-state index >= 15 is 0 Å². The van der Waals surface area contributed by atoms with Crippen molar-refractivity contribution in [2.45, 2.75) is 6.92 Å². The molecule has 8 nitrogen and oxygen atoms in total. The molecule has 0 unspecified atom stereocenters. The van der Waals surface area contributed by atoms with Gasteiger partial charge in [-0.1, -0.05) is 0 Å². The van der Waals surface area contributed by atoms with Crippen molar-refractivity contribution in [3.05, 3.63) is 47.9 Å². The summed E-state index contributed by atoms with van der Waals surface area (Å²) in [4.78, 5) is 19.6. The molecule has 0 spiro atoms. The van der Waals surface area contributed by atoms with Crippen LogP contribution in [0.4, 0.5) is 11.4 Å². The Morgan fingerprint density at radius 1 is 1.23 bits per heavy atom. The number of aliphatic imine (C=N–C) groups is 2. The fourth-order valence-corrected chi connectivity index (χ4v) is 1.74. The zero-order valence-electron chi connectivity index (χ0n) is 11.9. The van der Waals surface area contributed by atoms with E-state index in [-0.39, 0.29) is 23.6 Å². The quantitative estimate of drug-likeness (QED) is 0.494. The van der Waals surface area contributed by atoms with Crippen molar-refractivity contribution >= 4 is 29.2 Å². The smallest absolute Gasteiger partial charge is 0.291 e. The highest BCUT2D eigenvalue weighted by atomic mass is 16.3. The summed E-state index contributed by atoms with van der Waals surface area (Å²) in [5.74, 6) is -0.310. The monoisotopic (exact) mass is 300 g/mol. The van der Waals surface area contributed by atoms with E-state index in [0.717, 1.165) is 5.56 Å². The molecule has 7 N–H and O–H groups in total. The first-order chi connectivity index (χ1) is 10.5. The lowest BCUT2D eigenvalue weighted by atomic mass is 10.1. The van der Waals surface area contributed by atoms with Gasteiger partial charge in [0.1, 0.15) is 0 Å². The van der Waals surface area contributed by atoms with Gasteiger partial charge >= 0.3 is 0 Å². The van der Waals surface area contributed by atoms with Crippen molar-refractivity contribution in [3.8, 4) is 0 Å². The molecule has 0 atom stereocenters. The molecule has 1 heterocycles. The lowest BCUT2D eigenvalue weighted by molar-refractivity contribution is 0.0996. The molecule has 2 aromatic rings. The van der Waals surface area contributed by atoms with Crippen LogP contribution in [0.1, 0.15) is 16.1 Å². The second-order valence-electron chi connectivity index (χ2n) is 4.44. The van der Waals surface area contributed by atoms with Gasteiger partial charge in [0.15, 0.2) is 11.7 Å². The van der Waals surface area contributed by atoms with Gasteiger partial charge in [-0.05, 0) is 42.8 Å². The Morgan fingerprint density at radius 2 is 2.00 bits per heavy atom. The minimum Gasteiger partial charge on any atom is -0.459 e. The highest BCUT2D eigenvalue weighted by Gasteiger charge is 2.10. The Morgan fingerprint density at radius 3 is 2.59 bits per heavy atom. The van der Waals surface area contributed by atoms with Crippen molar-refractivity contribution in [1.29, 1.82) is 0 Å². The van der Waals surface area contributed by atoms with E-state index in [9.17, 15) is 4.79 Å². The first kappa shape index (κ1) is 15.1. The molecule has 1 amide bonds. The number of benzene rings is 1. The SMILES string of the molecule is Cc1cc(N=C(N)N=C(N)N)ccc1NC(=O)c1ccco1. The third-order valence-corrected chi connectivity index (χ3v) is 2.69. The van der Waals surface area contributed by atoms with E-state index in [4.69, 9.17) is 21.6 Å². The molecule has 0 bridgehead atoms. The van der Waals surface area contributed by atoms with Crippen LogP contribution in [0.25, 0.3) is 0 Å². The lowest BCUT2D eigenvalue weighted by Crippen LogP contribution is -2.26. The van der Waals surface area contributed by atoms with Crippen LogP contribution in [-0.2, 0) is 0 Å². The second-order valence-corrected chi connectivity index (χ2v) is 4.44. The zero-order chi connectivity index (χ0) is 16.1. The maximum atomic E-state index is 11.9. The van der Waals surface area contributed by atoms with Crippen molar-refractivity contribution < 1.29 is 9.21 Å². The highest BCUT2D eigenvalue weighted by molar-refractivity contribution is 6.02. The predicted octanol–water partition coefficient (Wildman–Crippen LogP) is 1.06. The number of hydrogen-bond acceptors (Lipinski definition) is 3.